The van der Waals surface area contributed by atoms with Gasteiger partial charge in [-0.2, -0.15) is 11.8 Å². The molecule has 0 aromatic heterocycles. The zero-order valence-electron chi connectivity index (χ0n) is 18.7. The minimum absolute atomic E-state index is 0.201. The quantitative estimate of drug-likeness (QED) is 0.453. The number of hydrogen-bond donors (Lipinski definition) is 2. The zero-order chi connectivity index (χ0) is 22.2. The number of thioether (sulfide) groups is 1. The van der Waals surface area contributed by atoms with Crippen LogP contribution in [-0.2, 0) is 20.9 Å². The normalized spacial score (nSPS) is 17.1. The summed E-state index contributed by atoms with van der Waals surface area (Å²) in [5.74, 6) is 1.29. The maximum atomic E-state index is 13.0. The first kappa shape index (κ1) is 24.5. The number of rotatable bonds is 9. The molecule has 2 rings (SSSR count). The molecule has 0 radical (unpaired) electrons. The van der Waals surface area contributed by atoms with E-state index < -0.39 is 23.0 Å². The Balaban J connectivity index is 2.01. The van der Waals surface area contributed by atoms with Crippen LogP contribution in [-0.4, -0.2) is 41.6 Å². The van der Waals surface area contributed by atoms with Crippen LogP contribution in [0.5, 0.6) is 5.75 Å². The number of nitrogens with two attached hydrogens (primary N) is 1. The van der Waals surface area contributed by atoms with Gasteiger partial charge in [0.15, 0.2) is 0 Å². The van der Waals surface area contributed by atoms with Gasteiger partial charge in [-0.15, -0.1) is 0 Å². The van der Waals surface area contributed by atoms with Crippen molar-refractivity contribution in [3.8, 4) is 5.75 Å². The summed E-state index contributed by atoms with van der Waals surface area (Å²) in [6.45, 7) is 5.60. The highest BCUT2D eigenvalue weighted by molar-refractivity contribution is 7.99. The molecular formula is C23H36N2O4S. The van der Waals surface area contributed by atoms with Crippen LogP contribution in [0.4, 0.5) is 0 Å². The highest BCUT2D eigenvalue weighted by Crippen LogP contribution is 2.28. The summed E-state index contributed by atoms with van der Waals surface area (Å²) >= 11 is 1.57. The number of benzene rings is 1. The summed E-state index contributed by atoms with van der Waals surface area (Å²) in [5.41, 5.74) is 4.84. The molecule has 7 heteroatoms. The van der Waals surface area contributed by atoms with Crippen LogP contribution in [0.15, 0.2) is 24.3 Å². The van der Waals surface area contributed by atoms with E-state index in [1.165, 1.54) is 32.1 Å². The first-order valence-electron chi connectivity index (χ1n) is 10.7. The molecule has 30 heavy (non-hydrogen) atoms. The molecule has 1 fully saturated rings. The standard InChI is InChI=1S/C23H36N2O4S/c1-22(2,3)29-21(27)23(24,16-30-15-18-8-6-5-7-9-18)20(26)25-14-17-10-12-19(28-4)13-11-17/h10-13,18H,5-9,14-16,24H2,1-4H3,(H,25,26)/t23-/m1/s1. The van der Waals surface area contributed by atoms with Crippen LogP contribution in [0.2, 0.25) is 0 Å². The largest absolute Gasteiger partial charge is 0.497 e. The van der Waals surface area contributed by atoms with Gasteiger partial charge in [0.1, 0.15) is 11.4 Å². The van der Waals surface area contributed by atoms with Crippen LogP contribution >= 0.6 is 11.8 Å². The molecular weight excluding hydrogens is 400 g/mol. The second-order valence-corrected chi connectivity index (χ2v) is 10.1. The van der Waals surface area contributed by atoms with Crippen LogP contribution in [0.1, 0.15) is 58.4 Å². The van der Waals surface area contributed by atoms with Gasteiger partial charge in [-0.05, 0) is 63.0 Å². The average Bonchev–Trinajstić information content (AvgIpc) is 2.71. The number of ether oxygens (including phenoxy) is 2. The number of methoxy groups -OCH3 is 1. The molecule has 0 unspecified atom stereocenters. The van der Waals surface area contributed by atoms with Gasteiger partial charge in [-0.25, -0.2) is 4.79 Å². The monoisotopic (exact) mass is 436 g/mol. The topological polar surface area (TPSA) is 90.6 Å². The van der Waals surface area contributed by atoms with E-state index in [2.05, 4.69) is 5.32 Å². The van der Waals surface area contributed by atoms with Crippen molar-refractivity contribution in [2.45, 2.75) is 70.6 Å². The van der Waals surface area contributed by atoms with Crippen LogP contribution in [0.3, 0.4) is 0 Å². The SMILES string of the molecule is COc1ccc(CNC(=O)[C@](N)(CSCC2CCCCC2)C(=O)OC(C)(C)C)cc1. The number of amides is 1. The Morgan fingerprint density at radius 2 is 1.77 bits per heavy atom. The zero-order valence-corrected chi connectivity index (χ0v) is 19.5. The van der Waals surface area contributed by atoms with Gasteiger partial charge in [-0.1, -0.05) is 31.4 Å². The molecule has 3 N–H and O–H groups in total. The first-order chi connectivity index (χ1) is 14.1. The molecule has 1 aliphatic rings. The third kappa shape index (κ3) is 7.51. The summed E-state index contributed by atoms with van der Waals surface area (Å²) in [5, 5.41) is 2.81. The molecule has 0 heterocycles. The number of hydrogen-bond acceptors (Lipinski definition) is 6. The van der Waals surface area contributed by atoms with E-state index in [1.54, 1.807) is 39.6 Å². The lowest BCUT2D eigenvalue weighted by Gasteiger charge is -2.30. The molecule has 1 saturated carbocycles. The van der Waals surface area contributed by atoms with E-state index in [1.807, 2.05) is 24.3 Å². The van der Waals surface area contributed by atoms with Gasteiger partial charge >= 0.3 is 5.97 Å². The Hall–Kier alpha value is -1.73. The Bertz CT molecular complexity index is 696. The predicted molar refractivity (Wildman–Crippen MR) is 122 cm³/mol. The first-order valence-corrected chi connectivity index (χ1v) is 11.8. The molecule has 1 atom stereocenters. The minimum atomic E-state index is -1.72. The molecule has 0 aliphatic heterocycles. The summed E-state index contributed by atoms with van der Waals surface area (Å²) in [6, 6.07) is 7.38. The molecule has 1 aromatic carbocycles. The van der Waals surface area contributed by atoms with E-state index in [-0.39, 0.29) is 12.3 Å². The van der Waals surface area contributed by atoms with Crippen molar-refractivity contribution in [1.29, 1.82) is 0 Å². The van der Waals surface area contributed by atoms with Crippen molar-refractivity contribution in [2.75, 3.05) is 18.6 Å². The minimum Gasteiger partial charge on any atom is -0.497 e. The van der Waals surface area contributed by atoms with Crippen molar-refractivity contribution in [3.63, 3.8) is 0 Å². The molecule has 6 nitrogen and oxygen atoms in total. The Morgan fingerprint density at radius 3 is 2.33 bits per heavy atom. The van der Waals surface area contributed by atoms with E-state index in [0.717, 1.165) is 17.1 Å². The number of nitrogens with one attached hydrogen (secondary N) is 1. The second-order valence-electron chi connectivity index (χ2n) is 9.02. The summed E-state index contributed by atoms with van der Waals surface area (Å²) in [6.07, 6.45) is 6.23. The maximum absolute atomic E-state index is 13.0. The fourth-order valence-corrected chi connectivity index (χ4v) is 4.77. The number of esters is 1. The average molecular weight is 437 g/mol. The fourth-order valence-electron chi connectivity index (χ4n) is 3.41. The molecule has 1 amide bonds. The van der Waals surface area contributed by atoms with Crippen LogP contribution in [0.25, 0.3) is 0 Å². The lowest BCUT2D eigenvalue weighted by molar-refractivity contribution is -0.163. The van der Waals surface area contributed by atoms with Crippen molar-refractivity contribution in [2.24, 2.45) is 11.7 Å². The fraction of sp³-hybridized carbons (Fsp3) is 0.652. The highest BCUT2D eigenvalue weighted by Gasteiger charge is 2.45. The Labute approximate surface area is 184 Å². The van der Waals surface area contributed by atoms with Gasteiger partial charge in [0.05, 0.1) is 7.11 Å². The predicted octanol–water partition coefficient (Wildman–Crippen LogP) is 3.66. The van der Waals surface area contributed by atoms with Crippen molar-refractivity contribution in [3.05, 3.63) is 29.8 Å². The lowest BCUT2D eigenvalue weighted by Crippen LogP contribution is -2.63. The lowest BCUT2D eigenvalue weighted by atomic mass is 9.91. The summed E-state index contributed by atoms with van der Waals surface area (Å²) in [7, 11) is 1.60. The molecule has 0 bridgehead atoms. The van der Waals surface area contributed by atoms with E-state index in [4.69, 9.17) is 15.2 Å². The van der Waals surface area contributed by atoms with Crippen molar-refractivity contribution < 1.29 is 19.1 Å². The second kappa shape index (κ2) is 11.0. The van der Waals surface area contributed by atoms with E-state index in [9.17, 15) is 9.59 Å². The third-order valence-electron chi connectivity index (χ3n) is 5.19. The van der Waals surface area contributed by atoms with Crippen molar-refractivity contribution in [1.82, 2.24) is 5.32 Å². The van der Waals surface area contributed by atoms with Gasteiger partial charge < -0.3 is 20.5 Å². The molecule has 1 aliphatic carbocycles. The molecule has 168 valence electrons. The summed E-state index contributed by atoms with van der Waals surface area (Å²) < 4.78 is 10.6. The number of carbonyl (C=O) groups excluding carboxylic acids is 2. The van der Waals surface area contributed by atoms with Crippen LogP contribution in [0, 0.1) is 5.92 Å². The Kier molecular flexibility index (Phi) is 9.04. The molecule has 0 spiro atoms. The van der Waals surface area contributed by atoms with Gasteiger partial charge in [0.25, 0.3) is 5.91 Å². The van der Waals surface area contributed by atoms with Gasteiger partial charge in [0, 0.05) is 12.3 Å². The van der Waals surface area contributed by atoms with Gasteiger partial charge in [0.2, 0.25) is 5.54 Å². The Morgan fingerprint density at radius 1 is 1.13 bits per heavy atom. The van der Waals surface area contributed by atoms with E-state index >= 15 is 0 Å². The number of carbonyl (C=O) groups is 2. The summed E-state index contributed by atoms with van der Waals surface area (Å²) in [4.78, 5) is 25.9. The third-order valence-corrected chi connectivity index (χ3v) is 6.56. The molecule has 0 saturated heterocycles. The maximum Gasteiger partial charge on any atom is 0.337 e. The van der Waals surface area contributed by atoms with Crippen molar-refractivity contribution >= 4 is 23.6 Å². The smallest absolute Gasteiger partial charge is 0.337 e. The van der Waals surface area contributed by atoms with E-state index in [0.29, 0.717) is 5.92 Å². The van der Waals surface area contributed by atoms with Gasteiger partial charge in [-0.3, -0.25) is 4.79 Å². The van der Waals surface area contributed by atoms with Crippen LogP contribution < -0.4 is 15.8 Å². The highest BCUT2D eigenvalue weighted by atomic mass is 32.2. The molecule has 1 aromatic rings.